The second-order valence-electron chi connectivity index (χ2n) is 6.06. The van der Waals surface area contributed by atoms with Crippen molar-refractivity contribution in [2.24, 2.45) is 0 Å². The van der Waals surface area contributed by atoms with Gasteiger partial charge in [-0.25, -0.2) is 9.97 Å². The first-order valence-electron chi connectivity index (χ1n) is 8.15. The lowest BCUT2D eigenvalue weighted by atomic mass is 10.1. The number of aromatic nitrogens is 3. The van der Waals surface area contributed by atoms with E-state index in [-0.39, 0.29) is 0 Å². The Balaban J connectivity index is 1.72. The Hall–Kier alpha value is -2.50. The summed E-state index contributed by atoms with van der Waals surface area (Å²) in [6.07, 6.45) is 5.66. The highest BCUT2D eigenvalue weighted by molar-refractivity contribution is 7.99. The number of imidazole rings is 1. The van der Waals surface area contributed by atoms with Gasteiger partial charge in [0.1, 0.15) is 10.7 Å². The summed E-state index contributed by atoms with van der Waals surface area (Å²) in [5.41, 5.74) is 3.93. The van der Waals surface area contributed by atoms with Crippen molar-refractivity contribution in [1.29, 1.82) is 0 Å². The molecule has 0 saturated carbocycles. The molecule has 4 rings (SSSR count). The van der Waals surface area contributed by atoms with Crippen molar-refractivity contribution >= 4 is 34.7 Å². The van der Waals surface area contributed by atoms with Crippen LogP contribution in [-0.4, -0.2) is 28.5 Å². The molecule has 2 aromatic heterocycles. The van der Waals surface area contributed by atoms with Gasteiger partial charge in [0.15, 0.2) is 5.65 Å². The fourth-order valence-electron chi connectivity index (χ4n) is 2.72. The molecule has 0 aliphatic carbocycles. The number of hydrogen-bond donors (Lipinski definition) is 0. The summed E-state index contributed by atoms with van der Waals surface area (Å²) in [5.74, 6) is 0. The number of anilines is 1. The summed E-state index contributed by atoms with van der Waals surface area (Å²) in [5, 5.41) is 1.74. The zero-order valence-electron chi connectivity index (χ0n) is 14.4. The summed E-state index contributed by atoms with van der Waals surface area (Å²) < 4.78 is 2.07. The zero-order valence-corrected chi connectivity index (χ0v) is 16.0. The minimum absolute atomic E-state index is 0.733. The molecule has 0 radical (unpaired) electrons. The van der Waals surface area contributed by atoms with Crippen LogP contribution < -0.4 is 4.90 Å². The third-order valence-corrected chi connectivity index (χ3v) is 5.36. The van der Waals surface area contributed by atoms with E-state index in [4.69, 9.17) is 16.6 Å². The fourth-order valence-corrected chi connectivity index (χ4v) is 3.71. The summed E-state index contributed by atoms with van der Waals surface area (Å²) in [7, 11) is 4.06. The quantitative estimate of drug-likeness (QED) is 0.483. The molecule has 2 aromatic carbocycles. The fraction of sp³-hybridized carbons (Fsp3) is 0.100. The van der Waals surface area contributed by atoms with Crippen molar-refractivity contribution in [3.05, 3.63) is 72.1 Å². The third-order valence-electron chi connectivity index (χ3n) is 4.09. The lowest BCUT2D eigenvalue weighted by molar-refractivity contribution is 0.984. The number of fused-ring (bicyclic) bond motifs is 1. The molecule has 0 aliphatic heterocycles. The van der Waals surface area contributed by atoms with Crippen molar-refractivity contribution in [1.82, 2.24) is 14.4 Å². The van der Waals surface area contributed by atoms with Gasteiger partial charge < -0.3 is 4.90 Å². The van der Waals surface area contributed by atoms with Crippen molar-refractivity contribution in [2.45, 2.75) is 9.92 Å². The minimum atomic E-state index is 0.733. The van der Waals surface area contributed by atoms with E-state index in [1.807, 2.05) is 50.8 Å². The number of rotatable bonds is 4. The number of nitrogens with zero attached hydrogens (tertiary/aromatic N) is 4. The molecule has 4 nitrogen and oxygen atoms in total. The lowest BCUT2D eigenvalue weighted by Gasteiger charge is -2.13. The predicted octanol–water partition coefficient (Wildman–Crippen LogP) is 5.27. The van der Waals surface area contributed by atoms with Crippen molar-refractivity contribution in [3.63, 3.8) is 0 Å². The van der Waals surface area contributed by atoms with E-state index in [0.717, 1.165) is 37.5 Å². The Morgan fingerprint density at radius 2 is 1.69 bits per heavy atom. The first-order chi connectivity index (χ1) is 12.6. The Bertz CT molecular complexity index is 1040. The van der Waals surface area contributed by atoms with Gasteiger partial charge in [-0.05, 0) is 36.4 Å². The van der Waals surface area contributed by atoms with Crippen LogP contribution in [0.4, 0.5) is 5.69 Å². The minimum Gasteiger partial charge on any atom is -0.378 e. The van der Waals surface area contributed by atoms with E-state index in [1.54, 1.807) is 18.0 Å². The molecule has 0 fully saturated rings. The third kappa shape index (κ3) is 3.28. The van der Waals surface area contributed by atoms with Crippen molar-refractivity contribution in [3.8, 4) is 11.3 Å². The van der Waals surface area contributed by atoms with Crippen molar-refractivity contribution in [2.75, 3.05) is 19.0 Å². The largest absolute Gasteiger partial charge is 0.378 e. The summed E-state index contributed by atoms with van der Waals surface area (Å²) in [4.78, 5) is 12.4. The Labute approximate surface area is 161 Å². The van der Waals surface area contributed by atoms with Crippen molar-refractivity contribution < 1.29 is 0 Å². The highest BCUT2D eigenvalue weighted by Gasteiger charge is 2.12. The van der Waals surface area contributed by atoms with Crippen LogP contribution in [0, 0.1) is 0 Å². The molecule has 0 saturated heterocycles. The average Bonchev–Trinajstić information content (AvgIpc) is 3.14. The van der Waals surface area contributed by atoms with E-state index in [1.165, 1.54) is 0 Å². The van der Waals surface area contributed by atoms with Crippen LogP contribution in [-0.2, 0) is 0 Å². The first-order valence-corrected chi connectivity index (χ1v) is 9.34. The number of benzene rings is 2. The molecular weight excluding hydrogens is 364 g/mol. The Morgan fingerprint density at radius 3 is 2.38 bits per heavy atom. The second-order valence-corrected chi connectivity index (χ2v) is 7.59. The molecule has 0 aliphatic rings. The maximum Gasteiger partial charge on any atom is 0.164 e. The van der Waals surface area contributed by atoms with E-state index >= 15 is 0 Å². The SMILES string of the molecule is CN(C)c1ccc(-c2ncc(Sc3ccc(Cl)cc3)n3ccnc23)cc1. The summed E-state index contributed by atoms with van der Waals surface area (Å²) in [6.45, 7) is 0. The van der Waals surface area contributed by atoms with Gasteiger partial charge in [-0.1, -0.05) is 35.5 Å². The van der Waals surface area contributed by atoms with Crippen LogP contribution in [0.3, 0.4) is 0 Å². The number of hydrogen-bond acceptors (Lipinski definition) is 4. The molecule has 0 atom stereocenters. The second kappa shape index (κ2) is 7.02. The van der Waals surface area contributed by atoms with Crippen LogP contribution in [0.2, 0.25) is 5.02 Å². The molecule has 130 valence electrons. The van der Waals surface area contributed by atoms with Crippen LogP contribution in [0.15, 0.2) is 77.0 Å². The average molecular weight is 381 g/mol. The molecule has 0 spiro atoms. The molecule has 26 heavy (non-hydrogen) atoms. The Morgan fingerprint density at radius 1 is 0.962 bits per heavy atom. The monoisotopic (exact) mass is 380 g/mol. The van der Waals surface area contributed by atoms with Gasteiger partial charge in [-0.3, -0.25) is 4.40 Å². The molecule has 0 amide bonds. The Kier molecular flexibility index (Phi) is 4.57. The van der Waals surface area contributed by atoms with Gasteiger partial charge >= 0.3 is 0 Å². The van der Waals surface area contributed by atoms with Gasteiger partial charge in [0.2, 0.25) is 0 Å². The molecule has 4 aromatic rings. The van der Waals surface area contributed by atoms with E-state index < -0.39 is 0 Å². The molecule has 0 N–H and O–H groups in total. The highest BCUT2D eigenvalue weighted by atomic mass is 35.5. The van der Waals surface area contributed by atoms with Gasteiger partial charge in [-0.2, -0.15) is 0 Å². The molecule has 0 unspecified atom stereocenters. The molecular formula is C20H17ClN4S. The predicted molar refractivity (Wildman–Crippen MR) is 108 cm³/mol. The summed E-state index contributed by atoms with van der Waals surface area (Å²) in [6, 6.07) is 16.1. The van der Waals surface area contributed by atoms with E-state index in [0.29, 0.717) is 0 Å². The zero-order chi connectivity index (χ0) is 18.1. The number of halogens is 1. The maximum absolute atomic E-state index is 5.97. The smallest absolute Gasteiger partial charge is 0.164 e. The van der Waals surface area contributed by atoms with E-state index in [9.17, 15) is 0 Å². The molecule has 0 bridgehead atoms. The summed E-state index contributed by atoms with van der Waals surface area (Å²) >= 11 is 7.61. The van der Waals surface area contributed by atoms with Crippen LogP contribution in [0.25, 0.3) is 16.9 Å². The standard InChI is InChI=1S/C20H17ClN4S/c1-24(2)16-7-3-14(4-8-16)19-20-22-11-12-25(20)18(13-23-19)26-17-9-5-15(21)6-10-17/h3-13H,1-2H3. The van der Waals surface area contributed by atoms with E-state index in [2.05, 4.69) is 38.6 Å². The lowest BCUT2D eigenvalue weighted by Crippen LogP contribution is -2.08. The highest BCUT2D eigenvalue weighted by Crippen LogP contribution is 2.31. The van der Waals surface area contributed by atoms with Gasteiger partial charge in [0.25, 0.3) is 0 Å². The van der Waals surface area contributed by atoms with Crippen LogP contribution in [0.1, 0.15) is 0 Å². The first kappa shape index (κ1) is 16.9. The molecule has 2 heterocycles. The molecule has 6 heteroatoms. The van der Waals surface area contributed by atoms with Gasteiger partial charge in [-0.15, -0.1) is 0 Å². The maximum atomic E-state index is 5.97. The normalized spacial score (nSPS) is 11.0. The van der Waals surface area contributed by atoms with Crippen LogP contribution >= 0.6 is 23.4 Å². The topological polar surface area (TPSA) is 33.4 Å². The van der Waals surface area contributed by atoms with Crippen LogP contribution in [0.5, 0.6) is 0 Å². The van der Waals surface area contributed by atoms with Gasteiger partial charge in [0, 0.05) is 47.7 Å². The van der Waals surface area contributed by atoms with Gasteiger partial charge in [0.05, 0.1) is 6.20 Å².